The maximum atomic E-state index is 13.8. The third-order valence-electron chi connectivity index (χ3n) is 6.85. The third-order valence-corrected chi connectivity index (χ3v) is 6.85. The van der Waals surface area contributed by atoms with Crippen LogP contribution in [0.1, 0.15) is 41.9 Å². The van der Waals surface area contributed by atoms with Gasteiger partial charge in [0.2, 0.25) is 11.8 Å². The first-order chi connectivity index (χ1) is 20.2. The minimum absolute atomic E-state index is 0.0428. The second-order valence-electron chi connectivity index (χ2n) is 10.6. The number of para-hydroxylation sites is 1. The fourth-order valence-corrected chi connectivity index (χ4v) is 4.76. The molecule has 0 aliphatic rings. The van der Waals surface area contributed by atoms with Crippen LogP contribution in [0.25, 0.3) is 10.9 Å². The van der Waals surface area contributed by atoms with Crippen molar-refractivity contribution in [2.75, 3.05) is 0 Å². The molecule has 0 radical (unpaired) electrons. The smallest absolute Gasteiger partial charge is 0.426 e. The van der Waals surface area contributed by atoms with E-state index in [1.807, 2.05) is 68.4 Å². The molecule has 0 unspecified atom stereocenters. The van der Waals surface area contributed by atoms with Gasteiger partial charge in [0.05, 0.1) is 12.1 Å². The normalized spacial score (nSPS) is 13.3. The Labute approximate surface area is 244 Å². The van der Waals surface area contributed by atoms with Gasteiger partial charge in [0.15, 0.2) is 0 Å². The van der Waals surface area contributed by atoms with Gasteiger partial charge in [-0.25, -0.2) is 4.98 Å². The van der Waals surface area contributed by atoms with Crippen LogP contribution in [0.3, 0.4) is 0 Å². The molecular weight excluding hydrogens is 535 g/mol. The van der Waals surface area contributed by atoms with E-state index in [1.54, 1.807) is 6.20 Å². The lowest BCUT2D eigenvalue weighted by atomic mass is 9.75. The number of aromatic nitrogens is 3. The van der Waals surface area contributed by atoms with Crippen LogP contribution in [-0.2, 0) is 22.4 Å². The molecule has 0 spiro atoms. The molecule has 218 valence electrons. The van der Waals surface area contributed by atoms with E-state index in [0.29, 0.717) is 6.42 Å². The maximum absolute atomic E-state index is 13.8. The van der Waals surface area contributed by atoms with Crippen molar-refractivity contribution < 1.29 is 24.4 Å². The number of fused-ring (bicyclic) bond motifs is 1. The lowest BCUT2D eigenvalue weighted by Crippen LogP contribution is -2.58. The maximum Gasteiger partial charge on any atom is 0.475 e. The second-order valence-corrected chi connectivity index (χ2v) is 10.6. The van der Waals surface area contributed by atoms with Gasteiger partial charge in [-0.15, -0.1) is 0 Å². The molecule has 0 bridgehead atoms. The molecule has 12 heteroatoms. The number of rotatable bonds is 13. The predicted octanol–water partition coefficient (Wildman–Crippen LogP) is 1.57. The molecule has 0 aliphatic heterocycles. The van der Waals surface area contributed by atoms with Crippen LogP contribution in [0, 0.1) is 5.92 Å². The summed E-state index contributed by atoms with van der Waals surface area (Å²) in [5, 5.41) is 28.9. The molecule has 3 amide bonds. The van der Waals surface area contributed by atoms with E-state index in [-0.39, 0.29) is 24.5 Å². The van der Waals surface area contributed by atoms with E-state index in [9.17, 15) is 24.4 Å². The van der Waals surface area contributed by atoms with Gasteiger partial charge >= 0.3 is 7.12 Å². The molecule has 0 fully saturated rings. The van der Waals surface area contributed by atoms with Crippen LogP contribution in [0.2, 0.25) is 0 Å². The highest BCUT2D eigenvalue weighted by Gasteiger charge is 2.32. The van der Waals surface area contributed by atoms with E-state index in [4.69, 9.17) is 0 Å². The topological polar surface area (TPSA) is 169 Å². The fourth-order valence-electron chi connectivity index (χ4n) is 4.76. The van der Waals surface area contributed by atoms with Crippen LogP contribution >= 0.6 is 0 Å². The van der Waals surface area contributed by atoms with Crippen molar-refractivity contribution in [2.45, 2.75) is 51.1 Å². The molecule has 4 aromatic rings. The Morgan fingerprint density at radius 2 is 1.57 bits per heavy atom. The summed E-state index contributed by atoms with van der Waals surface area (Å²) in [6.07, 6.45) is 6.51. The van der Waals surface area contributed by atoms with Crippen LogP contribution < -0.4 is 16.0 Å². The molecule has 2 aromatic carbocycles. The molecule has 4 rings (SSSR count). The Morgan fingerprint density at radius 1 is 0.881 bits per heavy atom. The molecule has 2 aromatic heterocycles. The predicted molar refractivity (Wildman–Crippen MR) is 159 cm³/mol. The second kappa shape index (κ2) is 14.4. The zero-order valence-electron chi connectivity index (χ0n) is 23.5. The lowest BCUT2D eigenvalue weighted by Gasteiger charge is -2.26. The van der Waals surface area contributed by atoms with Crippen LogP contribution in [0.4, 0.5) is 0 Å². The van der Waals surface area contributed by atoms with E-state index in [1.165, 1.54) is 18.6 Å². The first-order valence-electron chi connectivity index (χ1n) is 13.8. The summed E-state index contributed by atoms with van der Waals surface area (Å²) in [4.78, 5) is 51.5. The van der Waals surface area contributed by atoms with Gasteiger partial charge in [0.25, 0.3) is 5.91 Å². The first kappa shape index (κ1) is 30.4. The Balaban J connectivity index is 1.60. The van der Waals surface area contributed by atoms with Gasteiger partial charge in [0.1, 0.15) is 17.8 Å². The molecule has 0 saturated heterocycles. The summed E-state index contributed by atoms with van der Waals surface area (Å²) in [6, 6.07) is 14.6. The monoisotopic (exact) mass is 570 g/mol. The van der Waals surface area contributed by atoms with Gasteiger partial charge in [-0.2, -0.15) is 0 Å². The summed E-state index contributed by atoms with van der Waals surface area (Å²) < 4.78 is 0. The number of aromatic amines is 1. The number of carbonyl (C=O) groups excluding carboxylic acids is 3. The number of benzene rings is 2. The van der Waals surface area contributed by atoms with Crippen molar-refractivity contribution in [1.29, 1.82) is 0 Å². The Morgan fingerprint density at radius 3 is 2.26 bits per heavy atom. The largest absolute Gasteiger partial charge is 0.475 e. The zero-order valence-corrected chi connectivity index (χ0v) is 23.5. The van der Waals surface area contributed by atoms with Crippen molar-refractivity contribution in [1.82, 2.24) is 30.9 Å². The van der Waals surface area contributed by atoms with Crippen LogP contribution in [-0.4, -0.2) is 67.9 Å². The highest BCUT2D eigenvalue weighted by Crippen LogP contribution is 2.19. The van der Waals surface area contributed by atoms with Crippen molar-refractivity contribution >= 4 is 35.7 Å². The average molecular weight is 570 g/mol. The van der Waals surface area contributed by atoms with Crippen molar-refractivity contribution in [3.63, 3.8) is 0 Å². The standard InChI is InChI=1S/C30H35BN6O5/c1-19(2)14-27(31(41)42)37-29(39)24(15-20-8-4-3-5-9-20)35-28(38)25(36-30(40)26-18-32-12-13-33-26)16-21-17-34-23-11-7-6-10-22(21)23/h3-13,17-19,24-25,27,34,41-42H,14-16H2,1-2H3,(H,35,38)(H,36,40)(H,37,39)/t24-,25-,27+/m0/s1. The van der Waals surface area contributed by atoms with Gasteiger partial charge in [0, 0.05) is 42.3 Å². The van der Waals surface area contributed by atoms with Crippen molar-refractivity contribution in [2.24, 2.45) is 5.92 Å². The van der Waals surface area contributed by atoms with Gasteiger partial charge in [-0.05, 0) is 29.5 Å². The number of nitrogens with one attached hydrogen (secondary N) is 4. The molecule has 0 aliphatic carbocycles. The van der Waals surface area contributed by atoms with E-state index in [2.05, 4.69) is 30.9 Å². The van der Waals surface area contributed by atoms with E-state index in [0.717, 1.165) is 22.0 Å². The highest BCUT2D eigenvalue weighted by molar-refractivity contribution is 6.43. The van der Waals surface area contributed by atoms with Gasteiger partial charge < -0.3 is 31.0 Å². The Hall–Kier alpha value is -4.55. The minimum Gasteiger partial charge on any atom is -0.426 e. The molecule has 11 nitrogen and oxygen atoms in total. The first-order valence-corrected chi connectivity index (χ1v) is 13.8. The van der Waals surface area contributed by atoms with Crippen molar-refractivity contribution in [3.8, 4) is 0 Å². The number of H-pyrrole nitrogens is 1. The minimum atomic E-state index is -1.77. The molecule has 6 N–H and O–H groups in total. The fraction of sp³-hybridized carbons (Fsp3) is 0.300. The van der Waals surface area contributed by atoms with Crippen LogP contribution in [0.5, 0.6) is 0 Å². The summed E-state index contributed by atoms with van der Waals surface area (Å²) >= 11 is 0. The van der Waals surface area contributed by atoms with E-state index < -0.39 is 42.9 Å². The summed E-state index contributed by atoms with van der Waals surface area (Å²) in [5.74, 6) is -2.59. The molecule has 42 heavy (non-hydrogen) atoms. The lowest BCUT2D eigenvalue weighted by molar-refractivity contribution is -0.130. The Kier molecular flexibility index (Phi) is 10.4. The van der Waals surface area contributed by atoms with E-state index >= 15 is 0 Å². The molecule has 3 atom stereocenters. The summed E-state index contributed by atoms with van der Waals surface area (Å²) in [6.45, 7) is 3.81. The number of hydrogen-bond donors (Lipinski definition) is 6. The van der Waals surface area contributed by atoms with Crippen LogP contribution in [0.15, 0.2) is 79.4 Å². The average Bonchev–Trinajstić information content (AvgIpc) is 3.39. The zero-order chi connectivity index (χ0) is 30.1. The Bertz CT molecular complexity index is 1480. The number of carbonyl (C=O) groups is 3. The molecule has 0 saturated carbocycles. The molecule has 2 heterocycles. The summed E-state index contributed by atoms with van der Waals surface area (Å²) in [7, 11) is -1.77. The van der Waals surface area contributed by atoms with Gasteiger partial charge in [-0.1, -0.05) is 62.4 Å². The number of nitrogens with zero attached hydrogens (tertiary/aromatic N) is 2. The number of hydrogen-bond acceptors (Lipinski definition) is 7. The van der Waals surface area contributed by atoms with Gasteiger partial charge in [-0.3, -0.25) is 19.4 Å². The quantitative estimate of drug-likeness (QED) is 0.133. The SMILES string of the molecule is CC(C)C[C@@H](NC(=O)[C@H](Cc1ccccc1)NC(=O)[C@H](Cc1c[nH]c2ccccc12)NC(=O)c1cnccn1)B(O)O. The summed E-state index contributed by atoms with van der Waals surface area (Å²) in [5.41, 5.74) is 2.52. The van der Waals surface area contributed by atoms with Crippen molar-refractivity contribution in [3.05, 3.63) is 96.2 Å². The molecular formula is C30H35BN6O5. The highest BCUT2D eigenvalue weighted by atomic mass is 16.4. The number of amides is 3. The third kappa shape index (κ3) is 8.24.